The van der Waals surface area contributed by atoms with Crippen molar-refractivity contribution < 1.29 is 14.3 Å². The molecule has 1 N–H and O–H groups in total. The van der Waals surface area contributed by atoms with E-state index in [4.69, 9.17) is 9.47 Å². The molecular weight excluding hydrogens is 318 g/mol. The minimum absolute atomic E-state index is 0.0881. The zero-order valence-corrected chi connectivity index (χ0v) is 15.1. The van der Waals surface area contributed by atoms with Crippen LogP contribution in [0.5, 0.6) is 0 Å². The fourth-order valence-corrected chi connectivity index (χ4v) is 3.60. The first-order chi connectivity index (χ1) is 12.3. The number of carbonyl (C=O) groups excluding carboxylic acids is 1. The van der Waals surface area contributed by atoms with Gasteiger partial charge in [-0.1, -0.05) is 19.8 Å². The van der Waals surface area contributed by atoms with Crippen LogP contribution in [-0.2, 0) is 9.47 Å². The van der Waals surface area contributed by atoms with E-state index in [2.05, 4.69) is 22.1 Å². The second kappa shape index (κ2) is 9.15. The molecule has 0 aromatic carbocycles. The Balaban J connectivity index is 1.49. The number of hydrogen-bond donors (Lipinski definition) is 1. The Morgan fingerprint density at radius 1 is 1.36 bits per heavy atom. The molecular formula is C19H29N3O3. The quantitative estimate of drug-likeness (QED) is 0.800. The first kappa shape index (κ1) is 18.1. The van der Waals surface area contributed by atoms with Crippen LogP contribution in [0.4, 0.5) is 5.82 Å². The van der Waals surface area contributed by atoms with Crippen LogP contribution in [-0.4, -0.2) is 56.5 Å². The van der Waals surface area contributed by atoms with Crippen LogP contribution >= 0.6 is 0 Å². The summed E-state index contributed by atoms with van der Waals surface area (Å²) in [5.74, 6) is 1.27. The summed E-state index contributed by atoms with van der Waals surface area (Å²) in [7, 11) is 0. The molecule has 3 rings (SSSR count). The summed E-state index contributed by atoms with van der Waals surface area (Å²) in [4.78, 5) is 19.1. The number of rotatable bonds is 6. The Morgan fingerprint density at radius 3 is 2.96 bits per heavy atom. The van der Waals surface area contributed by atoms with Crippen molar-refractivity contribution in [2.45, 2.75) is 38.7 Å². The molecule has 25 heavy (non-hydrogen) atoms. The Morgan fingerprint density at radius 2 is 2.16 bits per heavy atom. The third-order valence-corrected chi connectivity index (χ3v) is 5.09. The number of ether oxygens (including phenoxy) is 2. The van der Waals surface area contributed by atoms with Crippen molar-refractivity contribution in [3.8, 4) is 0 Å². The van der Waals surface area contributed by atoms with Gasteiger partial charge in [0.15, 0.2) is 0 Å². The van der Waals surface area contributed by atoms with Gasteiger partial charge >= 0.3 is 0 Å². The first-order valence-corrected chi connectivity index (χ1v) is 9.43. The van der Waals surface area contributed by atoms with Crippen molar-refractivity contribution in [2.75, 3.05) is 44.4 Å². The van der Waals surface area contributed by atoms with E-state index in [9.17, 15) is 4.79 Å². The lowest BCUT2D eigenvalue weighted by Crippen LogP contribution is -2.39. The maximum absolute atomic E-state index is 12.6. The zero-order valence-electron chi connectivity index (χ0n) is 15.1. The van der Waals surface area contributed by atoms with Gasteiger partial charge in [0.2, 0.25) is 0 Å². The molecule has 1 aromatic rings. The number of nitrogens with one attached hydrogen (secondary N) is 1. The first-order valence-electron chi connectivity index (χ1n) is 9.43. The van der Waals surface area contributed by atoms with E-state index in [0.29, 0.717) is 44.0 Å². The van der Waals surface area contributed by atoms with Crippen molar-refractivity contribution in [3.05, 3.63) is 23.9 Å². The second-order valence-electron chi connectivity index (χ2n) is 6.90. The van der Waals surface area contributed by atoms with E-state index in [1.807, 2.05) is 6.07 Å². The van der Waals surface area contributed by atoms with E-state index in [0.717, 1.165) is 25.3 Å². The Hall–Kier alpha value is -1.66. The Kier molecular flexibility index (Phi) is 6.64. The molecule has 2 heterocycles. The molecule has 1 aromatic heterocycles. The smallest absolute Gasteiger partial charge is 0.255 e. The minimum Gasteiger partial charge on any atom is -0.378 e. The van der Waals surface area contributed by atoms with Crippen molar-refractivity contribution in [3.63, 3.8) is 0 Å². The van der Waals surface area contributed by atoms with Crippen molar-refractivity contribution in [1.82, 2.24) is 10.3 Å². The van der Waals surface area contributed by atoms with Crippen molar-refractivity contribution in [1.29, 1.82) is 0 Å². The van der Waals surface area contributed by atoms with Gasteiger partial charge in [-0.2, -0.15) is 0 Å². The fraction of sp³-hybridized carbons (Fsp3) is 0.684. The van der Waals surface area contributed by atoms with Gasteiger partial charge in [0, 0.05) is 25.8 Å². The van der Waals surface area contributed by atoms with Gasteiger partial charge in [-0.15, -0.1) is 0 Å². The molecule has 0 bridgehead atoms. The Bertz CT molecular complexity index is 561. The molecule has 138 valence electrons. The van der Waals surface area contributed by atoms with Gasteiger partial charge in [-0.05, 0) is 30.9 Å². The molecule has 1 aliphatic carbocycles. The predicted octanol–water partition coefficient (Wildman–Crippen LogP) is 2.24. The summed E-state index contributed by atoms with van der Waals surface area (Å²) in [6, 6.07) is 3.64. The minimum atomic E-state index is -0.0881. The molecule has 2 aliphatic rings. The van der Waals surface area contributed by atoms with Crippen LogP contribution in [0.2, 0.25) is 0 Å². The van der Waals surface area contributed by atoms with E-state index >= 15 is 0 Å². The molecule has 6 heteroatoms. The van der Waals surface area contributed by atoms with E-state index < -0.39 is 0 Å². The SMILES string of the molecule is CC1CCCCC1OCCNC(=O)c1cccnc1N1CCOCC1. The number of nitrogens with zero attached hydrogens (tertiary/aromatic N) is 2. The van der Waals surface area contributed by atoms with Crippen LogP contribution in [0.25, 0.3) is 0 Å². The summed E-state index contributed by atoms with van der Waals surface area (Å²) < 4.78 is 11.4. The molecule has 1 saturated carbocycles. The number of amides is 1. The maximum Gasteiger partial charge on any atom is 0.255 e. The third kappa shape index (κ3) is 4.92. The zero-order chi connectivity index (χ0) is 17.5. The van der Waals surface area contributed by atoms with E-state index in [1.165, 1.54) is 19.3 Å². The van der Waals surface area contributed by atoms with Crippen LogP contribution < -0.4 is 10.2 Å². The standard InChI is InChI=1S/C19H29N3O3/c1-15-5-2-3-7-17(15)25-12-9-21-19(23)16-6-4-8-20-18(16)22-10-13-24-14-11-22/h4,6,8,15,17H,2-3,5,7,9-14H2,1H3,(H,21,23). The van der Waals surface area contributed by atoms with Crippen LogP contribution in [0.3, 0.4) is 0 Å². The molecule has 1 aliphatic heterocycles. The second-order valence-corrected chi connectivity index (χ2v) is 6.90. The molecule has 0 spiro atoms. The largest absolute Gasteiger partial charge is 0.378 e. The summed E-state index contributed by atoms with van der Waals surface area (Å²) >= 11 is 0. The highest BCUT2D eigenvalue weighted by atomic mass is 16.5. The average Bonchev–Trinajstić information content (AvgIpc) is 2.67. The molecule has 1 amide bonds. The van der Waals surface area contributed by atoms with Crippen LogP contribution in [0.1, 0.15) is 43.0 Å². The van der Waals surface area contributed by atoms with E-state index in [-0.39, 0.29) is 5.91 Å². The van der Waals surface area contributed by atoms with E-state index in [1.54, 1.807) is 12.3 Å². The van der Waals surface area contributed by atoms with Gasteiger partial charge in [0.1, 0.15) is 5.82 Å². The third-order valence-electron chi connectivity index (χ3n) is 5.09. The van der Waals surface area contributed by atoms with Gasteiger partial charge in [-0.25, -0.2) is 4.98 Å². The van der Waals surface area contributed by atoms with Gasteiger partial charge in [0.05, 0.1) is 31.5 Å². The Labute approximate surface area is 149 Å². The number of carbonyl (C=O) groups is 1. The van der Waals surface area contributed by atoms with Gasteiger partial charge < -0.3 is 19.7 Å². The number of pyridine rings is 1. The molecule has 0 radical (unpaired) electrons. The highest BCUT2D eigenvalue weighted by Crippen LogP contribution is 2.26. The fourth-order valence-electron chi connectivity index (χ4n) is 3.60. The van der Waals surface area contributed by atoms with Gasteiger partial charge in [0.25, 0.3) is 5.91 Å². The molecule has 6 nitrogen and oxygen atoms in total. The molecule has 1 saturated heterocycles. The molecule has 2 atom stereocenters. The topological polar surface area (TPSA) is 63.7 Å². The average molecular weight is 347 g/mol. The summed E-state index contributed by atoms with van der Waals surface area (Å²) in [5, 5.41) is 2.97. The monoisotopic (exact) mass is 347 g/mol. The number of aromatic nitrogens is 1. The maximum atomic E-state index is 12.6. The summed E-state index contributed by atoms with van der Waals surface area (Å²) in [6.07, 6.45) is 7.01. The lowest BCUT2D eigenvalue weighted by Gasteiger charge is -2.29. The normalized spacial score (nSPS) is 24.1. The lowest BCUT2D eigenvalue weighted by molar-refractivity contribution is -0.00293. The van der Waals surface area contributed by atoms with Gasteiger partial charge in [-0.3, -0.25) is 4.79 Å². The highest BCUT2D eigenvalue weighted by Gasteiger charge is 2.22. The highest BCUT2D eigenvalue weighted by molar-refractivity contribution is 5.98. The van der Waals surface area contributed by atoms with Crippen molar-refractivity contribution >= 4 is 11.7 Å². The summed E-state index contributed by atoms with van der Waals surface area (Å²) in [5.41, 5.74) is 0.621. The number of anilines is 1. The number of morpholine rings is 1. The van der Waals surface area contributed by atoms with Crippen LogP contribution in [0, 0.1) is 5.92 Å². The lowest BCUT2D eigenvalue weighted by atomic mass is 9.88. The molecule has 2 fully saturated rings. The predicted molar refractivity (Wildman–Crippen MR) is 97.0 cm³/mol. The van der Waals surface area contributed by atoms with Crippen molar-refractivity contribution in [2.24, 2.45) is 5.92 Å². The molecule has 2 unspecified atom stereocenters. The summed E-state index contributed by atoms with van der Waals surface area (Å²) in [6.45, 7) is 6.22. The number of hydrogen-bond acceptors (Lipinski definition) is 5. The van der Waals surface area contributed by atoms with Crippen LogP contribution in [0.15, 0.2) is 18.3 Å².